The number of fused-ring (bicyclic) bond motifs is 2. The molecule has 1 aromatic heterocycles. The van der Waals surface area contributed by atoms with Crippen molar-refractivity contribution in [2.24, 2.45) is 4.99 Å². The van der Waals surface area contributed by atoms with Crippen LogP contribution in [0.2, 0.25) is 0 Å². The zero-order chi connectivity index (χ0) is 28.5. The highest BCUT2D eigenvalue weighted by Gasteiger charge is 2.34. The van der Waals surface area contributed by atoms with Crippen LogP contribution in [0.1, 0.15) is 36.6 Å². The number of rotatable bonds is 7. The zero-order valence-electron chi connectivity index (χ0n) is 22.3. The summed E-state index contributed by atoms with van der Waals surface area (Å²) in [5, 5.41) is 0. The molecule has 10 heteroatoms. The van der Waals surface area contributed by atoms with Gasteiger partial charge in [-0.15, -0.1) is 0 Å². The first-order valence-corrected chi connectivity index (χ1v) is 14.6. The van der Waals surface area contributed by atoms with Crippen LogP contribution in [0.5, 0.6) is 17.2 Å². The molecule has 3 aromatic carbocycles. The van der Waals surface area contributed by atoms with Crippen LogP contribution in [-0.2, 0) is 16.1 Å². The van der Waals surface area contributed by atoms with Crippen LogP contribution in [0.25, 0.3) is 6.08 Å². The van der Waals surface area contributed by atoms with Crippen LogP contribution < -0.4 is 29.1 Å². The molecule has 3 heterocycles. The third kappa shape index (κ3) is 5.45. The second-order valence-electron chi connectivity index (χ2n) is 9.40. The Morgan fingerprint density at radius 1 is 1.10 bits per heavy atom. The minimum Gasteiger partial charge on any atom is -0.489 e. The predicted octanol–water partition coefficient (Wildman–Crippen LogP) is 4.87. The molecule has 41 heavy (non-hydrogen) atoms. The molecule has 8 nitrogen and oxygen atoms in total. The fourth-order valence-corrected chi connectivity index (χ4v) is 6.06. The number of carbonyl (C=O) groups is 1. The lowest BCUT2D eigenvalue weighted by Crippen LogP contribution is -2.39. The van der Waals surface area contributed by atoms with E-state index in [1.807, 2.05) is 60.7 Å². The summed E-state index contributed by atoms with van der Waals surface area (Å²) >= 11 is 4.71. The summed E-state index contributed by atoms with van der Waals surface area (Å²) in [6.07, 6.45) is 1.82. The molecule has 0 saturated carbocycles. The SMILES string of the molecule is CCOC(=O)C1=C(C)N=c2s/c(=C\c3ccc(OCc4ccc(Br)cc4)cc3)c(=O)n2[C@H]1c1ccc2c(c1)OCO2. The van der Waals surface area contributed by atoms with Gasteiger partial charge in [0.2, 0.25) is 6.79 Å². The molecule has 6 rings (SSSR count). The van der Waals surface area contributed by atoms with Crippen molar-refractivity contribution >= 4 is 39.3 Å². The molecule has 0 radical (unpaired) electrons. The van der Waals surface area contributed by atoms with Gasteiger partial charge in [-0.3, -0.25) is 9.36 Å². The molecule has 208 valence electrons. The predicted molar refractivity (Wildman–Crippen MR) is 158 cm³/mol. The first-order valence-electron chi connectivity index (χ1n) is 13.0. The van der Waals surface area contributed by atoms with Crippen molar-refractivity contribution in [3.8, 4) is 17.2 Å². The number of carbonyl (C=O) groups excluding carboxylic acids is 1. The molecule has 1 atom stereocenters. The number of halogens is 1. The van der Waals surface area contributed by atoms with Gasteiger partial charge in [0.05, 0.1) is 28.5 Å². The van der Waals surface area contributed by atoms with E-state index in [9.17, 15) is 9.59 Å². The topological polar surface area (TPSA) is 88.4 Å². The van der Waals surface area contributed by atoms with Gasteiger partial charge in [0.25, 0.3) is 5.56 Å². The third-order valence-electron chi connectivity index (χ3n) is 6.73. The Bertz CT molecular complexity index is 1840. The highest BCUT2D eigenvalue weighted by molar-refractivity contribution is 9.10. The molecule has 0 bridgehead atoms. The van der Waals surface area contributed by atoms with Crippen molar-refractivity contribution in [2.75, 3.05) is 13.4 Å². The van der Waals surface area contributed by atoms with Crippen molar-refractivity contribution in [3.05, 3.63) is 119 Å². The van der Waals surface area contributed by atoms with Gasteiger partial charge in [-0.25, -0.2) is 9.79 Å². The van der Waals surface area contributed by atoms with E-state index >= 15 is 0 Å². The Balaban J connectivity index is 1.35. The minimum absolute atomic E-state index is 0.120. The van der Waals surface area contributed by atoms with E-state index in [0.717, 1.165) is 21.3 Å². The van der Waals surface area contributed by atoms with Crippen LogP contribution in [-0.4, -0.2) is 23.9 Å². The van der Waals surface area contributed by atoms with E-state index in [4.69, 9.17) is 18.9 Å². The van der Waals surface area contributed by atoms with Crippen molar-refractivity contribution in [1.29, 1.82) is 0 Å². The lowest BCUT2D eigenvalue weighted by atomic mass is 9.95. The summed E-state index contributed by atoms with van der Waals surface area (Å²) in [5.74, 6) is 1.39. The Morgan fingerprint density at radius 2 is 1.85 bits per heavy atom. The molecule has 2 aliphatic rings. The number of hydrogen-bond donors (Lipinski definition) is 0. The maximum atomic E-state index is 13.8. The molecule has 0 saturated heterocycles. The largest absolute Gasteiger partial charge is 0.489 e. The monoisotopic (exact) mass is 632 g/mol. The van der Waals surface area contributed by atoms with Crippen LogP contribution in [0.15, 0.2) is 92.3 Å². The van der Waals surface area contributed by atoms with Crippen LogP contribution in [0, 0.1) is 0 Å². The van der Waals surface area contributed by atoms with Crippen LogP contribution >= 0.6 is 27.3 Å². The fraction of sp³-hybridized carbons (Fsp3) is 0.194. The van der Waals surface area contributed by atoms with Crippen molar-refractivity contribution in [1.82, 2.24) is 4.57 Å². The van der Waals surface area contributed by atoms with Gasteiger partial charge in [0, 0.05) is 4.47 Å². The summed E-state index contributed by atoms with van der Waals surface area (Å²) < 4.78 is 25.4. The van der Waals surface area contributed by atoms with Crippen molar-refractivity contribution in [3.63, 3.8) is 0 Å². The van der Waals surface area contributed by atoms with E-state index in [2.05, 4.69) is 20.9 Å². The average Bonchev–Trinajstić information content (AvgIpc) is 3.56. The minimum atomic E-state index is -0.726. The third-order valence-corrected chi connectivity index (χ3v) is 8.24. The van der Waals surface area contributed by atoms with E-state index in [1.54, 1.807) is 30.5 Å². The second-order valence-corrected chi connectivity index (χ2v) is 11.3. The highest BCUT2D eigenvalue weighted by Crippen LogP contribution is 2.38. The number of thiazole rings is 1. The van der Waals surface area contributed by atoms with Crippen LogP contribution in [0.4, 0.5) is 0 Å². The molecule has 4 aromatic rings. The number of allylic oxidation sites excluding steroid dienone is 1. The molecule has 0 fully saturated rings. The molecule has 0 unspecified atom stereocenters. The lowest BCUT2D eigenvalue weighted by molar-refractivity contribution is -0.139. The molecule has 0 spiro atoms. The summed E-state index contributed by atoms with van der Waals surface area (Å²) in [4.78, 5) is 32.1. The number of ether oxygens (including phenoxy) is 4. The van der Waals surface area contributed by atoms with E-state index in [1.165, 1.54) is 11.3 Å². The normalized spacial score (nSPS) is 15.9. The van der Waals surface area contributed by atoms with E-state index < -0.39 is 12.0 Å². The zero-order valence-corrected chi connectivity index (χ0v) is 24.7. The standard InChI is InChI=1S/C31H25BrN2O6S/c1-3-37-30(36)27-18(2)33-31-34(28(27)21-8-13-24-25(15-21)40-17-39-24)29(35)26(41-31)14-19-6-11-23(12-7-19)38-16-20-4-9-22(32)10-5-20/h4-15,28H,3,16-17H2,1-2H3/b26-14-/t28-/m0/s1. The number of hydrogen-bond acceptors (Lipinski definition) is 8. The van der Waals surface area contributed by atoms with Crippen molar-refractivity contribution < 1.29 is 23.7 Å². The first kappa shape index (κ1) is 27.0. The quantitative estimate of drug-likeness (QED) is 0.270. The van der Waals surface area contributed by atoms with Gasteiger partial charge in [-0.2, -0.15) is 0 Å². The molecule has 0 amide bonds. The maximum absolute atomic E-state index is 13.8. The van der Waals surface area contributed by atoms with Gasteiger partial charge >= 0.3 is 5.97 Å². The van der Waals surface area contributed by atoms with Gasteiger partial charge in [-0.1, -0.05) is 57.6 Å². The number of esters is 1. The Labute approximate surface area is 247 Å². The number of benzene rings is 3. The highest BCUT2D eigenvalue weighted by atomic mass is 79.9. The molecule has 0 aliphatic carbocycles. The molecular formula is C31H25BrN2O6S. The molecule has 0 N–H and O–H groups in total. The van der Waals surface area contributed by atoms with Crippen molar-refractivity contribution in [2.45, 2.75) is 26.5 Å². The molecular weight excluding hydrogens is 608 g/mol. The van der Waals surface area contributed by atoms with Gasteiger partial charge in [-0.05, 0) is 73.0 Å². The summed E-state index contributed by atoms with van der Waals surface area (Å²) in [5.41, 5.74) is 3.18. The Morgan fingerprint density at radius 3 is 2.61 bits per heavy atom. The number of aromatic nitrogens is 1. The fourth-order valence-electron chi connectivity index (χ4n) is 4.75. The summed E-state index contributed by atoms with van der Waals surface area (Å²) in [7, 11) is 0. The molecule has 2 aliphatic heterocycles. The van der Waals surface area contributed by atoms with Gasteiger partial charge in [0.15, 0.2) is 16.3 Å². The van der Waals surface area contributed by atoms with Gasteiger partial charge in [0.1, 0.15) is 12.4 Å². The first-order chi connectivity index (χ1) is 19.9. The lowest BCUT2D eigenvalue weighted by Gasteiger charge is -2.24. The van der Waals surface area contributed by atoms with E-state index in [-0.39, 0.29) is 19.0 Å². The van der Waals surface area contributed by atoms with E-state index in [0.29, 0.717) is 44.3 Å². The van der Waals surface area contributed by atoms with Crippen LogP contribution in [0.3, 0.4) is 0 Å². The maximum Gasteiger partial charge on any atom is 0.338 e. The Kier molecular flexibility index (Phi) is 7.51. The number of nitrogens with zero attached hydrogens (tertiary/aromatic N) is 2. The smallest absolute Gasteiger partial charge is 0.338 e. The summed E-state index contributed by atoms with van der Waals surface area (Å²) in [6, 6.07) is 20.2. The van der Waals surface area contributed by atoms with Gasteiger partial charge < -0.3 is 18.9 Å². The Hall–Kier alpha value is -4.15. The average molecular weight is 634 g/mol. The summed E-state index contributed by atoms with van der Waals surface area (Å²) in [6.45, 7) is 4.28. The second kappa shape index (κ2) is 11.4.